The Morgan fingerprint density at radius 3 is 2.63 bits per heavy atom. The van der Waals surface area contributed by atoms with Crippen LogP contribution in [0.2, 0.25) is 0 Å². The van der Waals surface area contributed by atoms with Crippen molar-refractivity contribution in [2.45, 2.75) is 32.3 Å². The molecular formula is C19H19F3N4O2S2. The van der Waals surface area contributed by atoms with E-state index in [1.807, 2.05) is 17.5 Å². The highest BCUT2D eigenvalue weighted by molar-refractivity contribution is 7.71. The number of benzene rings is 1. The summed E-state index contributed by atoms with van der Waals surface area (Å²) in [6.07, 6.45) is -4.11. The smallest absolute Gasteiger partial charge is 0.367 e. The molecule has 0 unspecified atom stereocenters. The van der Waals surface area contributed by atoms with Crippen molar-refractivity contribution in [3.8, 4) is 10.7 Å². The number of rotatable bonds is 9. The molecule has 1 aromatic carbocycles. The Bertz CT molecular complexity index is 1010. The van der Waals surface area contributed by atoms with Gasteiger partial charge < -0.3 is 10.1 Å². The average Bonchev–Trinajstić information content (AvgIpc) is 3.34. The van der Waals surface area contributed by atoms with Crippen LogP contribution in [0.15, 0.2) is 41.8 Å². The first kappa shape index (κ1) is 22.2. The van der Waals surface area contributed by atoms with Crippen LogP contribution in [-0.2, 0) is 29.2 Å². The van der Waals surface area contributed by atoms with Gasteiger partial charge in [-0.3, -0.25) is 14.5 Å². The molecule has 0 saturated heterocycles. The summed E-state index contributed by atoms with van der Waals surface area (Å²) in [5.41, 5.74) is 1.46. The molecule has 3 rings (SSSR count). The van der Waals surface area contributed by atoms with Gasteiger partial charge in [0.1, 0.15) is 6.61 Å². The molecule has 6 nitrogen and oxygen atoms in total. The van der Waals surface area contributed by atoms with E-state index in [9.17, 15) is 18.0 Å². The second-order valence-corrected chi connectivity index (χ2v) is 7.77. The molecule has 0 radical (unpaired) electrons. The molecule has 0 atom stereocenters. The summed E-state index contributed by atoms with van der Waals surface area (Å²) in [5.74, 6) is 0.555. The van der Waals surface area contributed by atoms with Gasteiger partial charge in [0.2, 0.25) is 5.91 Å². The lowest BCUT2D eigenvalue weighted by atomic mass is 10.1. The minimum Gasteiger partial charge on any atom is -0.367 e. The number of carbonyl (C=O) groups is 1. The topological polar surface area (TPSA) is 71.9 Å². The van der Waals surface area contributed by atoms with Crippen molar-refractivity contribution >= 4 is 29.5 Å². The maximum Gasteiger partial charge on any atom is 0.411 e. The number of H-pyrrole nitrogens is 1. The molecule has 11 heteroatoms. The number of halogens is 3. The number of aromatic amines is 1. The van der Waals surface area contributed by atoms with E-state index in [1.165, 1.54) is 11.3 Å². The first-order valence-electron chi connectivity index (χ1n) is 9.00. The Hall–Kier alpha value is -2.50. The van der Waals surface area contributed by atoms with Crippen LogP contribution in [-0.4, -0.2) is 33.5 Å². The number of ether oxygens (including phenoxy) is 1. The fourth-order valence-electron chi connectivity index (χ4n) is 2.66. The van der Waals surface area contributed by atoms with Crippen LogP contribution in [0.1, 0.15) is 17.5 Å². The Morgan fingerprint density at radius 1 is 1.23 bits per heavy atom. The van der Waals surface area contributed by atoms with Crippen molar-refractivity contribution < 1.29 is 22.7 Å². The number of amides is 1. The number of hydrogen-bond acceptors (Lipinski definition) is 5. The van der Waals surface area contributed by atoms with Gasteiger partial charge in [0.05, 0.1) is 11.5 Å². The monoisotopic (exact) mass is 456 g/mol. The summed E-state index contributed by atoms with van der Waals surface area (Å²) in [6, 6.07) is 10.7. The summed E-state index contributed by atoms with van der Waals surface area (Å²) < 4.78 is 43.1. The molecule has 0 saturated carbocycles. The van der Waals surface area contributed by atoms with Gasteiger partial charge in [-0.2, -0.15) is 18.3 Å². The first-order valence-corrected chi connectivity index (χ1v) is 10.3. The van der Waals surface area contributed by atoms with Gasteiger partial charge in [0.15, 0.2) is 10.6 Å². The van der Waals surface area contributed by atoms with Crippen LogP contribution in [0.25, 0.3) is 10.7 Å². The average molecular weight is 457 g/mol. The Balaban J connectivity index is 1.45. The number of nitrogens with zero attached hydrogens (tertiary/aromatic N) is 2. The zero-order valence-corrected chi connectivity index (χ0v) is 17.4. The molecule has 0 spiro atoms. The molecule has 2 N–H and O–H groups in total. The zero-order chi connectivity index (χ0) is 21.6. The number of alkyl halides is 3. The number of hydrogen-bond donors (Lipinski definition) is 2. The molecule has 0 aliphatic rings. The Kier molecular flexibility index (Phi) is 7.40. The molecule has 3 aromatic rings. The molecule has 2 aromatic heterocycles. The summed E-state index contributed by atoms with van der Waals surface area (Å²) in [4.78, 5) is 13.2. The van der Waals surface area contributed by atoms with E-state index in [0.29, 0.717) is 29.2 Å². The highest BCUT2D eigenvalue weighted by atomic mass is 32.1. The molecule has 160 valence electrons. The molecule has 0 aliphatic heterocycles. The summed E-state index contributed by atoms with van der Waals surface area (Å²) in [5, 5.41) is 11.7. The van der Waals surface area contributed by atoms with Gasteiger partial charge in [0, 0.05) is 19.5 Å². The van der Waals surface area contributed by atoms with Crippen molar-refractivity contribution in [1.29, 1.82) is 0 Å². The SMILES string of the molecule is O=C(CCn1c(-c2cccs2)n[nH]c1=S)NCc1ccc(COCC(F)(F)F)cc1. The summed E-state index contributed by atoms with van der Waals surface area (Å²) >= 11 is 6.79. The molecule has 1 amide bonds. The normalized spacial score (nSPS) is 11.6. The molecule has 0 bridgehead atoms. The molecule has 30 heavy (non-hydrogen) atoms. The van der Waals surface area contributed by atoms with E-state index >= 15 is 0 Å². The molecule has 0 fully saturated rings. The second kappa shape index (κ2) is 10.0. The third-order valence-electron chi connectivity index (χ3n) is 4.11. The van der Waals surface area contributed by atoms with Gasteiger partial charge in [-0.25, -0.2) is 0 Å². The predicted molar refractivity (Wildman–Crippen MR) is 109 cm³/mol. The van der Waals surface area contributed by atoms with Gasteiger partial charge in [-0.1, -0.05) is 30.3 Å². The third-order valence-corrected chi connectivity index (χ3v) is 5.29. The Labute approximate surface area is 179 Å². The van der Waals surface area contributed by atoms with Gasteiger partial charge >= 0.3 is 6.18 Å². The molecule has 0 aliphatic carbocycles. The fourth-order valence-corrected chi connectivity index (χ4v) is 3.60. The van der Waals surface area contributed by atoms with Crippen LogP contribution in [0.3, 0.4) is 0 Å². The molecular weight excluding hydrogens is 437 g/mol. The maximum absolute atomic E-state index is 12.2. The van der Waals surface area contributed by atoms with Crippen molar-refractivity contribution in [1.82, 2.24) is 20.1 Å². The standard InChI is InChI=1S/C19H19F3N4O2S2/c20-19(21,22)12-28-11-14-5-3-13(4-6-14)10-23-16(27)7-8-26-17(24-25-18(26)29)15-2-1-9-30-15/h1-6,9H,7-8,10-12H2,(H,23,27)(H,25,29). The van der Waals surface area contributed by atoms with Crippen molar-refractivity contribution in [3.05, 3.63) is 57.7 Å². The minimum atomic E-state index is -4.34. The van der Waals surface area contributed by atoms with Gasteiger partial charge in [-0.05, 0) is 34.8 Å². The first-order chi connectivity index (χ1) is 14.3. The third kappa shape index (κ3) is 6.51. The lowest BCUT2D eigenvalue weighted by Gasteiger charge is -2.09. The van der Waals surface area contributed by atoms with Crippen molar-refractivity contribution in [2.24, 2.45) is 0 Å². The van der Waals surface area contributed by atoms with E-state index in [0.717, 1.165) is 10.4 Å². The van der Waals surface area contributed by atoms with E-state index in [-0.39, 0.29) is 18.9 Å². The lowest BCUT2D eigenvalue weighted by molar-refractivity contribution is -0.176. The van der Waals surface area contributed by atoms with Crippen molar-refractivity contribution in [2.75, 3.05) is 6.61 Å². The number of aromatic nitrogens is 3. The van der Waals surface area contributed by atoms with Crippen LogP contribution in [0.5, 0.6) is 0 Å². The second-order valence-electron chi connectivity index (χ2n) is 6.43. The predicted octanol–water partition coefficient (Wildman–Crippen LogP) is 4.45. The largest absolute Gasteiger partial charge is 0.411 e. The molecule has 2 heterocycles. The quantitative estimate of drug-likeness (QED) is 0.467. The van der Waals surface area contributed by atoms with E-state index < -0.39 is 12.8 Å². The summed E-state index contributed by atoms with van der Waals surface area (Å²) in [7, 11) is 0. The highest BCUT2D eigenvalue weighted by Gasteiger charge is 2.27. The van der Waals surface area contributed by atoms with Crippen LogP contribution < -0.4 is 5.32 Å². The zero-order valence-electron chi connectivity index (χ0n) is 15.7. The van der Waals surface area contributed by atoms with E-state index in [2.05, 4.69) is 20.3 Å². The van der Waals surface area contributed by atoms with Crippen LogP contribution >= 0.6 is 23.6 Å². The number of nitrogens with one attached hydrogen (secondary N) is 2. The number of thiophene rings is 1. The van der Waals surface area contributed by atoms with E-state index in [4.69, 9.17) is 12.2 Å². The van der Waals surface area contributed by atoms with Crippen LogP contribution in [0.4, 0.5) is 13.2 Å². The maximum atomic E-state index is 12.2. The lowest BCUT2D eigenvalue weighted by Crippen LogP contribution is -2.24. The van der Waals surface area contributed by atoms with Gasteiger partial charge in [-0.15, -0.1) is 11.3 Å². The summed E-state index contributed by atoms with van der Waals surface area (Å²) in [6.45, 7) is -0.690. The highest BCUT2D eigenvalue weighted by Crippen LogP contribution is 2.23. The fraction of sp³-hybridized carbons (Fsp3) is 0.316. The van der Waals surface area contributed by atoms with Crippen molar-refractivity contribution in [3.63, 3.8) is 0 Å². The van der Waals surface area contributed by atoms with Crippen LogP contribution in [0, 0.1) is 4.77 Å². The minimum absolute atomic E-state index is 0.121. The Morgan fingerprint density at radius 2 is 1.97 bits per heavy atom. The van der Waals surface area contributed by atoms with Gasteiger partial charge in [0.25, 0.3) is 0 Å². The van der Waals surface area contributed by atoms with E-state index in [1.54, 1.807) is 28.8 Å². The number of carbonyl (C=O) groups excluding carboxylic acids is 1.